The maximum atomic E-state index is 13.1. The molecule has 6 heteroatoms. The molecule has 1 aromatic heterocycles. The number of fused-ring (bicyclic) bond motifs is 1. The zero-order chi connectivity index (χ0) is 22.1. The fraction of sp³-hybridized carbons (Fsp3) is 0.192. The van der Waals surface area contributed by atoms with Crippen molar-refractivity contribution in [1.82, 2.24) is 15.1 Å². The average molecular weight is 425 g/mol. The maximum Gasteiger partial charge on any atom is 0.256 e. The third kappa shape index (κ3) is 3.99. The van der Waals surface area contributed by atoms with Crippen molar-refractivity contribution in [2.75, 3.05) is 5.32 Å². The first-order valence-electron chi connectivity index (χ1n) is 10.8. The van der Waals surface area contributed by atoms with Crippen LogP contribution >= 0.6 is 0 Å². The molecule has 4 aromatic rings. The molecule has 160 valence electrons. The minimum atomic E-state index is -0.211. The number of benzene rings is 3. The van der Waals surface area contributed by atoms with Crippen molar-refractivity contribution in [2.45, 2.75) is 26.3 Å². The van der Waals surface area contributed by atoms with Crippen LogP contribution in [0.25, 0.3) is 16.6 Å². The van der Waals surface area contributed by atoms with Gasteiger partial charge in [0, 0.05) is 23.4 Å². The Hall–Kier alpha value is -3.93. The summed E-state index contributed by atoms with van der Waals surface area (Å²) in [5, 5.41) is 11.4. The number of hydrogen-bond acceptors (Lipinski definition) is 3. The molecular weight excluding hydrogens is 400 g/mol. The summed E-state index contributed by atoms with van der Waals surface area (Å²) in [6.07, 6.45) is 3.68. The van der Waals surface area contributed by atoms with E-state index in [-0.39, 0.29) is 17.7 Å². The molecule has 2 amide bonds. The van der Waals surface area contributed by atoms with E-state index < -0.39 is 0 Å². The summed E-state index contributed by atoms with van der Waals surface area (Å²) < 4.78 is 1.87. The third-order valence-electron chi connectivity index (χ3n) is 5.80. The second-order valence-corrected chi connectivity index (χ2v) is 8.23. The summed E-state index contributed by atoms with van der Waals surface area (Å²) >= 11 is 0. The van der Waals surface area contributed by atoms with E-state index in [1.165, 1.54) is 5.56 Å². The van der Waals surface area contributed by atoms with Crippen molar-refractivity contribution >= 4 is 28.4 Å². The van der Waals surface area contributed by atoms with Gasteiger partial charge in [-0.15, -0.1) is 0 Å². The fourth-order valence-electron chi connectivity index (χ4n) is 3.81. The molecule has 1 aliphatic carbocycles. The minimum Gasteiger partial charge on any atom is -0.352 e. The number of nitrogens with one attached hydrogen (secondary N) is 2. The van der Waals surface area contributed by atoms with E-state index in [1.807, 2.05) is 72.3 Å². The highest BCUT2D eigenvalue weighted by Crippen LogP contribution is 2.29. The number of rotatable bonds is 6. The van der Waals surface area contributed by atoms with Crippen LogP contribution in [0.1, 0.15) is 34.3 Å². The van der Waals surface area contributed by atoms with E-state index in [9.17, 15) is 9.59 Å². The van der Waals surface area contributed by atoms with E-state index in [1.54, 1.807) is 12.3 Å². The number of anilines is 1. The van der Waals surface area contributed by atoms with Gasteiger partial charge in [0.2, 0.25) is 5.91 Å². The lowest BCUT2D eigenvalue weighted by atomic mass is 10.1. The van der Waals surface area contributed by atoms with Gasteiger partial charge >= 0.3 is 0 Å². The van der Waals surface area contributed by atoms with Crippen LogP contribution in [0, 0.1) is 12.8 Å². The standard InChI is InChI=1S/C26H24N4O2/c1-17-9-13-20(14-10-17)30-24-8-4-7-23(22(24)16-28-30)29-26(32)21-6-3-2-5-19(21)15-27-25(31)18-11-12-18/h2-10,13-14,16,18H,11-12,15H2,1H3,(H,27,31)(H,29,32). The fourth-order valence-corrected chi connectivity index (χ4v) is 3.81. The van der Waals surface area contributed by atoms with Crippen LogP contribution in [0.2, 0.25) is 0 Å². The Morgan fingerprint density at radius 1 is 1.00 bits per heavy atom. The molecule has 0 unspecified atom stereocenters. The molecule has 1 saturated carbocycles. The zero-order valence-electron chi connectivity index (χ0n) is 17.8. The lowest BCUT2D eigenvalue weighted by molar-refractivity contribution is -0.122. The Balaban J connectivity index is 1.40. The van der Waals surface area contributed by atoms with Gasteiger partial charge in [-0.25, -0.2) is 4.68 Å². The van der Waals surface area contributed by atoms with Crippen LogP contribution in [-0.4, -0.2) is 21.6 Å². The second kappa shape index (κ2) is 8.30. The van der Waals surface area contributed by atoms with Gasteiger partial charge in [-0.3, -0.25) is 9.59 Å². The number of carbonyl (C=O) groups excluding carboxylic acids is 2. The lowest BCUT2D eigenvalue weighted by Gasteiger charge is -2.12. The summed E-state index contributed by atoms with van der Waals surface area (Å²) in [4.78, 5) is 25.1. The Bertz CT molecular complexity index is 1300. The molecule has 32 heavy (non-hydrogen) atoms. The summed E-state index contributed by atoms with van der Waals surface area (Å²) in [7, 11) is 0. The van der Waals surface area contributed by atoms with Crippen LogP contribution in [0.3, 0.4) is 0 Å². The van der Waals surface area contributed by atoms with E-state index >= 15 is 0 Å². The minimum absolute atomic E-state index is 0.0634. The first-order valence-corrected chi connectivity index (χ1v) is 10.8. The Morgan fingerprint density at radius 2 is 1.78 bits per heavy atom. The molecule has 1 fully saturated rings. The van der Waals surface area contributed by atoms with E-state index in [2.05, 4.69) is 15.7 Å². The largest absolute Gasteiger partial charge is 0.352 e. The van der Waals surface area contributed by atoms with Gasteiger partial charge in [0.15, 0.2) is 0 Å². The molecule has 1 heterocycles. The number of hydrogen-bond donors (Lipinski definition) is 2. The molecule has 2 N–H and O–H groups in total. The van der Waals surface area contributed by atoms with Gasteiger partial charge in [-0.2, -0.15) is 5.10 Å². The quantitative estimate of drug-likeness (QED) is 0.474. The maximum absolute atomic E-state index is 13.1. The van der Waals surface area contributed by atoms with Crippen LogP contribution < -0.4 is 10.6 Å². The monoisotopic (exact) mass is 424 g/mol. The van der Waals surface area contributed by atoms with Crippen molar-refractivity contribution in [3.8, 4) is 5.69 Å². The van der Waals surface area contributed by atoms with Gasteiger partial charge in [-0.05, 0) is 55.7 Å². The van der Waals surface area contributed by atoms with Crippen LogP contribution in [0.5, 0.6) is 0 Å². The van der Waals surface area contributed by atoms with Crippen LogP contribution in [0.4, 0.5) is 5.69 Å². The van der Waals surface area contributed by atoms with E-state index in [0.29, 0.717) is 17.8 Å². The Kier molecular flexibility index (Phi) is 5.19. The van der Waals surface area contributed by atoms with Crippen molar-refractivity contribution in [3.05, 3.63) is 89.6 Å². The number of amides is 2. The molecule has 0 bridgehead atoms. The van der Waals surface area contributed by atoms with Crippen LogP contribution in [-0.2, 0) is 11.3 Å². The summed E-state index contributed by atoms with van der Waals surface area (Å²) in [5.74, 6) is -0.0102. The molecule has 1 aliphatic rings. The van der Waals surface area contributed by atoms with Gasteiger partial charge < -0.3 is 10.6 Å². The molecule has 0 radical (unpaired) electrons. The highest BCUT2D eigenvalue weighted by molar-refractivity contribution is 6.09. The summed E-state index contributed by atoms with van der Waals surface area (Å²) in [6.45, 7) is 2.39. The molecule has 0 saturated heterocycles. The summed E-state index contributed by atoms with van der Waals surface area (Å²) in [6, 6.07) is 21.3. The van der Waals surface area contributed by atoms with Gasteiger partial charge in [0.05, 0.1) is 23.1 Å². The highest BCUT2D eigenvalue weighted by atomic mass is 16.2. The van der Waals surface area contributed by atoms with Crippen molar-refractivity contribution in [3.63, 3.8) is 0 Å². The molecule has 0 spiro atoms. The first kappa shape index (κ1) is 20.0. The van der Waals surface area contributed by atoms with Gasteiger partial charge in [0.1, 0.15) is 0 Å². The summed E-state index contributed by atoms with van der Waals surface area (Å²) in [5.41, 5.74) is 5.10. The number of carbonyl (C=O) groups is 2. The normalized spacial score (nSPS) is 13.2. The number of aromatic nitrogens is 2. The SMILES string of the molecule is Cc1ccc(-n2ncc3c(NC(=O)c4ccccc4CNC(=O)C4CC4)cccc32)cc1. The van der Waals surface area contributed by atoms with Gasteiger partial charge in [-0.1, -0.05) is 42.0 Å². The van der Waals surface area contributed by atoms with Crippen molar-refractivity contribution in [2.24, 2.45) is 5.92 Å². The average Bonchev–Trinajstić information content (AvgIpc) is 3.58. The lowest BCUT2D eigenvalue weighted by Crippen LogP contribution is -2.26. The first-order chi connectivity index (χ1) is 15.6. The molecule has 3 aromatic carbocycles. The van der Waals surface area contributed by atoms with E-state index in [0.717, 1.165) is 35.0 Å². The molecule has 0 aliphatic heterocycles. The zero-order valence-corrected chi connectivity index (χ0v) is 17.8. The van der Waals surface area contributed by atoms with Crippen molar-refractivity contribution in [1.29, 1.82) is 0 Å². The Labute approximate surface area is 186 Å². The number of aryl methyl sites for hydroxylation is 1. The van der Waals surface area contributed by atoms with Crippen molar-refractivity contribution < 1.29 is 9.59 Å². The predicted octanol–water partition coefficient (Wildman–Crippen LogP) is 4.61. The molecule has 6 nitrogen and oxygen atoms in total. The molecular formula is C26H24N4O2. The number of nitrogens with zero attached hydrogens (tertiary/aromatic N) is 2. The molecule has 0 atom stereocenters. The smallest absolute Gasteiger partial charge is 0.256 e. The topological polar surface area (TPSA) is 76.0 Å². The van der Waals surface area contributed by atoms with Gasteiger partial charge in [0.25, 0.3) is 5.91 Å². The highest BCUT2D eigenvalue weighted by Gasteiger charge is 2.29. The predicted molar refractivity (Wildman–Crippen MR) is 125 cm³/mol. The second-order valence-electron chi connectivity index (χ2n) is 8.23. The third-order valence-corrected chi connectivity index (χ3v) is 5.80. The molecule has 5 rings (SSSR count). The Morgan fingerprint density at radius 3 is 2.56 bits per heavy atom. The van der Waals surface area contributed by atoms with E-state index in [4.69, 9.17) is 0 Å². The van der Waals surface area contributed by atoms with Crippen LogP contribution in [0.15, 0.2) is 72.9 Å².